The molecule has 0 aliphatic rings. The van der Waals surface area contributed by atoms with Gasteiger partial charge in [-0.25, -0.2) is 0 Å². The summed E-state index contributed by atoms with van der Waals surface area (Å²) < 4.78 is 11.6. The average molecular weight is 847 g/mol. The number of aryl methyl sites for hydroxylation is 6. The first-order valence-electron chi connectivity index (χ1n) is 18.7. The fourth-order valence-corrected chi connectivity index (χ4v) is 6.99. The normalized spacial score (nSPS) is 10.9. The van der Waals surface area contributed by atoms with Crippen LogP contribution >= 0.6 is 17.0 Å². The van der Waals surface area contributed by atoms with E-state index in [-0.39, 0.29) is 5.43 Å². The van der Waals surface area contributed by atoms with Gasteiger partial charge in [0.2, 0.25) is 0 Å². The topological polar surface area (TPSA) is 26.3 Å². The molecule has 54 heavy (non-hydrogen) atoms. The Morgan fingerprint density at radius 3 is 1.28 bits per heavy atom. The molecule has 0 spiro atoms. The van der Waals surface area contributed by atoms with Gasteiger partial charge in [-0.05, 0) is 87.1 Å². The second kappa shape index (κ2) is 17.9. The van der Waals surface area contributed by atoms with E-state index in [2.05, 4.69) is 150 Å². The number of fused-ring (bicyclic) bond motifs is 2. The summed E-state index contributed by atoms with van der Waals surface area (Å²) in [5, 5.41) is 5.16. The Labute approximate surface area is 335 Å². The van der Waals surface area contributed by atoms with Crippen molar-refractivity contribution < 1.29 is 26.8 Å². The molecule has 0 atom stereocenters. The van der Waals surface area contributed by atoms with Gasteiger partial charge in [-0.3, -0.25) is 0 Å². The molecule has 0 fully saturated rings. The maximum absolute atomic E-state index is 5.82. The van der Waals surface area contributed by atoms with Crippen molar-refractivity contribution in [2.24, 2.45) is 0 Å². The van der Waals surface area contributed by atoms with Crippen LogP contribution in [0.5, 0.6) is 0 Å². The summed E-state index contributed by atoms with van der Waals surface area (Å²) in [6.45, 7) is 17.0. The number of hydrogen-bond acceptors (Lipinski definition) is 2. The van der Waals surface area contributed by atoms with Crippen LogP contribution in [0.15, 0.2) is 130 Å². The molecule has 0 amide bonds. The third kappa shape index (κ3) is 9.23. The van der Waals surface area contributed by atoms with Crippen LogP contribution < -0.4 is 0 Å². The SMILES string of the molecule is CCc1ccc2[cH-]c(-c3ccc(C)o3)cc2c1-c1cccc(C)c1.CCc1ccc2[cH-]c(-c3ccc(C)o3)cc2c1-c1cccc(C)c1.C[Si](C)=[Zr]([Cl])[Cl]. The van der Waals surface area contributed by atoms with Crippen molar-refractivity contribution in [1.82, 2.24) is 0 Å². The molecular formula is C48H48Cl2O2SiZr-2. The summed E-state index contributed by atoms with van der Waals surface area (Å²) in [7, 11) is 11.2. The van der Waals surface area contributed by atoms with Gasteiger partial charge in [-0.1, -0.05) is 108 Å². The molecule has 2 nitrogen and oxygen atoms in total. The summed E-state index contributed by atoms with van der Waals surface area (Å²) in [6, 6.07) is 43.7. The third-order valence-corrected chi connectivity index (χ3v) is 29.5. The van der Waals surface area contributed by atoms with Crippen LogP contribution in [0.4, 0.5) is 0 Å². The van der Waals surface area contributed by atoms with E-state index in [1.54, 1.807) is 0 Å². The minimum atomic E-state index is -1.65. The molecule has 276 valence electrons. The Bertz CT molecular complexity index is 2390. The molecular weight excluding hydrogens is 799 g/mol. The number of rotatable bonds is 6. The van der Waals surface area contributed by atoms with Gasteiger partial charge < -0.3 is 8.83 Å². The average Bonchev–Trinajstić information content (AvgIpc) is 3.97. The van der Waals surface area contributed by atoms with E-state index in [0.29, 0.717) is 0 Å². The number of furan rings is 2. The van der Waals surface area contributed by atoms with E-state index in [9.17, 15) is 0 Å². The summed E-state index contributed by atoms with van der Waals surface area (Å²) in [6.07, 6.45) is 2.05. The van der Waals surface area contributed by atoms with Crippen molar-refractivity contribution in [3.8, 4) is 44.9 Å². The molecule has 8 rings (SSSR count). The number of hydrogen-bond donors (Lipinski definition) is 0. The third-order valence-electron chi connectivity index (χ3n) is 9.76. The first-order chi connectivity index (χ1) is 25.9. The summed E-state index contributed by atoms with van der Waals surface area (Å²) in [4.78, 5) is 0. The van der Waals surface area contributed by atoms with E-state index >= 15 is 0 Å². The quantitative estimate of drug-likeness (QED) is 0.123. The van der Waals surface area contributed by atoms with Gasteiger partial charge >= 0.3 is 53.5 Å². The van der Waals surface area contributed by atoms with Crippen molar-refractivity contribution >= 4 is 44.0 Å². The van der Waals surface area contributed by atoms with Crippen LogP contribution in [0.1, 0.15) is 47.6 Å². The van der Waals surface area contributed by atoms with E-state index in [1.807, 2.05) is 26.0 Å². The molecule has 0 aliphatic heterocycles. The Balaban J connectivity index is 0.000000160. The van der Waals surface area contributed by atoms with Crippen LogP contribution in [0.25, 0.3) is 66.4 Å². The maximum atomic E-state index is 5.82. The summed E-state index contributed by atoms with van der Waals surface area (Å²) >= 11 is -1.65. The second-order valence-electron chi connectivity index (χ2n) is 14.2. The molecule has 6 aromatic carbocycles. The molecule has 0 radical (unpaired) electrons. The predicted molar refractivity (Wildman–Crippen MR) is 232 cm³/mol. The molecule has 0 saturated heterocycles. The van der Waals surface area contributed by atoms with Crippen LogP contribution in [-0.2, 0) is 30.8 Å². The van der Waals surface area contributed by atoms with Crippen LogP contribution in [0.2, 0.25) is 13.1 Å². The number of halogens is 2. The predicted octanol–water partition coefficient (Wildman–Crippen LogP) is 15.5. The van der Waals surface area contributed by atoms with Gasteiger partial charge in [0.15, 0.2) is 0 Å². The Morgan fingerprint density at radius 2 is 0.963 bits per heavy atom. The van der Waals surface area contributed by atoms with Gasteiger partial charge in [0, 0.05) is 0 Å². The zero-order valence-corrected chi connectivity index (χ0v) is 37.5. The summed E-state index contributed by atoms with van der Waals surface area (Å²) in [5.74, 6) is 3.78. The van der Waals surface area contributed by atoms with Gasteiger partial charge in [-0.2, -0.15) is 0 Å². The fraction of sp³-hybridized carbons (Fsp3) is 0.208. The van der Waals surface area contributed by atoms with Crippen molar-refractivity contribution in [1.29, 1.82) is 0 Å². The Kier molecular flexibility index (Phi) is 13.2. The molecule has 0 bridgehead atoms. The molecule has 0 N–H and O–H groups in total. The number of benzene rings is 4. The minimum absolute atomic E-state index is 0.224. The van der Waals surface area contributed by atoms with E-state index in [4.69, 9.17) is 25.9 Å². The Morgan fingerprint density at radius 1 is 0.556 bits per heavy atom. The van der Waals surface area contributed by atoms with E-state index in [1.165, 1.54) is 66.1 Å². The first kappa shape index (κ1) is 40.0. The zero-order chi connectivity index (χ0) is 38.5. The molecule has 6 heteroatoms. The van der Waals surface area contributed by atoms with Crippen LogP contribution in [-0.4, -0.2) is 5.43 Å². The molecule has 8 aromatic rings. The molecule has 2 heterocycles. The molecule has 0 aliphatic carbocycles. The van der Waals surface area contributed by atoms with Crippen molar-refractivity contribution in [3.63, 3.8) is 0 Å². The van der Waals surface area contributed by atoms with Gasteiger partial charge in [0.25, 0.3) is 0 Å². The van der Waals surface area contributed by atoms with Gasteiger partial charge in [-0.15, -0.1) is 57.9 Å². The monoisotopic (exact) mass is 844 g/mol. The van der Waals surface area contributed by atoms with E-state index < -0.39 is 18.0 Å². The van der Waals surface area contributed by atoms with E-state index in [0.717, 1.165) is 47.0 Å². The van der Waals surface area contributed by atoms with Gasteiger partial charge in [0.05, 0.1) is 23.0 Å². The van der Waals surface area contributed by atoms with Crippen LogP contribution in [0.3, 0.4) is 0 Å². The molecule has 2 aromatic heterocycles. The zero-order valence-electron chi connectivity index (χ0n) is 32.5. The first-order valence-corrected chi connectivity index (χ1v) is 31.2. The van der Waals surface area contributed by atoms with Crippen LogP contribution in [0, 0.1) is 27.7 Å². The van der Waals surface area contributed by atoms with Crippen molar-refractivity contribution in [3.05, 3.63) is 155 Å². The fourth-order valence-electron chi connectivity index (χ4n) is 6.99. The Hall–Kier alpha value is -3.66. The second-order valence-corrected chi connectivity index (χ2v) is 37.2. The molecule has 0 unspecified atom stereocenters. The standard InChI is InChI=1S/2C23H21O.C2H6Si.2ClH.Zr/c2*1-4-17-9-10-18-13-20(22-11-8-16(3)24-22)14-21(18)23(17)19-7-5-6-15(2)12-19;1-3-2;;;/h2*5-14H,4H2,1-3H3;1-2H3;2*1H;/q2*-1;;;;+2/p-2. The summed E-state index contributed by atoms with van der Waals surface area (Å²) in [5.41, 5.74) is 12.7. The van der Waals surface area contributed by atoms with Crippen molar-refractivity contribution in [2.45, 2.75) is 67.5 Å². The van der Waals surface area contributed by atoms with Crippen molar-refractivity contribution in [2.75, 3.05) is 0 Å². The molecule has 0 saturated carbocycles. The van der Waals surface area contributed by atoms with Gasteiger partial charge in [0.1, 0.15) is 0 Å².